The van der Waals surface area contributed by atoms with E-state index in [4.69, 9.17) is 6.42 Å². The van der Waals surface area contributed by atoms with Crippen molar-refractivity contribution in [3.63, 3.8) is 0 Å². The summed E-state index contributed by atoms with van der Waals surface area (Å²) < 4.78 is 0. The number of terminal acetylenes is 1. The first-order chi connectivity index (χ1) is 16.6. The van der Waals surface area contributed by atoms with Gasteiger partial charge in [-0.2, -0.15) is 0 Å². The summed E-state index contributed by atoms with van der Waals surface area (Å²) in [7, 11) is 0. The lowest BCUT2D eigenvalue weighted by atomic mass is 9.63. The highest BCUT2D eigenvalue weighted by molar-refractivity contribution is 5.47. The molecule has 0 bridgehead atoms. The summed E-state index contributed by atoms with van der Waals surface area (Å²) in [6, 6.07) is 0. The minimum absolute atomic E-state index is 0.108. The predicted octanol–water partition coefficient (Wildman–Crippen LogP) is 11.7. The molecule has 0 fully saturated rings. The summed E-state index contributed by atoms with van der Waals surface area (Å²) in [6.45, 7) is 31.1. The van der Waals surface area contributed by atoms with Crippen LogP contribution in [0.3, 0.4) is 0 Å². The second-order valence-corrected chi connectivity index (χ2v) is 12.9. The van der Waals surface area contributed by atoms with Crippen LogP contribution < -0.4 is 0 Å². The van der Waals surface area contributed by atoms with Crippen LogP contribution in [-0.2, 0) is 0 Å². The van der Waals surface area contributed by atoms with Gasteiger partial charge >= 0.3 is 0 Å². The van der Waals surface area contributed by atoms with E-state index >= 15 is 0 Å². The van der Waals surface area contributed by atoms with Gasteiger partial charge in [-0.15, -0.1) is 6.42 Å². The molecule has 1 rings (SSSR count). The summed E-state index contributed by atoms with van der Waals surface area (Å²) in [5, 5.41) is 0. The molecule has 0 heteroatoms. The van der Waals surface area contributed by atoms with Crippen molar-refractivity contribution in [2.45, 2.75) is 128 Å². The van der Waals surface area contributed by atoms with E-state index in [2.05, 4.69) is 120 Å². The Morgan fingerprint density at radius 1 is 1.06 bits per heavy atom. The number of rotatable bonds is 11. The second kappa shape index (κ2) is 16.2. The molecule has 2 atom stereocenters. The Kier molecular flexibility index (Phi) is 15.4. The maximum atomic E-state index is 5.96. The molecule has 1 aliphatic carbocycles. The molecule has 0 saturated carbocycles. The van der Waals surface area contributed by atoms with Crippen molar-refractivity contribution < 1.29 is 0 Å². The smallest absolute Gasteiger partial charge is 0.0111 e. The quantitative estimate of drug-likeness (QED) is 0.199. The fraction of sp³-hybridized carbons (Fsp3) is 0.667. The van der Waals surface area contributed by atoms with Crippen molar-refractivity contribution in [3.05, 3.63) is 58.7 Å². The van der Waals surface area contributed by atoms with Gasteiger partial charge in [0.2, 0.25) is 0 Å². The zero-order valence-electron chi connectivity index (χ0n) is 26.3. The third-order valence-corrected chi connectivity index (χ3v) is 7.93. The maximum Gasteiger partial charge on any atom is 0.0111 e. The molecule has 0 radical (unpaired) electrons. The van der Waals surface area contributed by atoms with Crippen LogP contribution in [0.15, 0.2) is 58.7 Å². The van der Waals surface area contributed by atoms with E-state index in [1.807, 2.05) is 0 Å². The SMILES string of the molecule is C#CC1=C(/C=C(\CC)C/C(C)=C/CC(C)C(=C)C)C(C)(C)CCC1(C)C.C/C=C\C(CC)CC(C)C. The van der Waals surface area contributed by atoms with Gasteiger partial charge in [-0.25, -0.2) is 0 Å². The molecule has 36 heavy (non-hydrogen) atoms. The first-order valence-electron chi connectivity index (χ1n) is 14.5. The lowest BCUT2D eigenvalue weighted by Crippen LogP contribution is -2.30. The van der Waals surface area contributed by atoms with Gasteiger partial charge in [-0.05, 0) is 99.9 Å². The highest BCUT2D eigenvalue weighted by Gasteiger charge is 2.37. The normalized spacial score (nSPS) is 19.6. The first-order valence-corrected chi connectivity index (χ1v) is 14.5. The zero-order chi connectivity index (χ0) is 28.1. The van der Waals surface area contributed by atoms with Crippen LogP contribution in [0.4, 0.5) is 0 Å². The van der Waals surface area contributed by atoms with Crippen LogP contribution in [0, 0.1) is 40.9 Å². The van der Waals surface area contributed by atoms with Crippen molar-refractivity contribution in [3.8, 4) is 12.3 Å². The second-order valence-electron chi connectivity index (χ2n) is 12.9. The van der Waals surface area contributed by atoms with Crippen LogP contribution >= 0.6 is 0 Å². The molecule has 2 unspecified atom stereocenters. The molecule has 0 saturated heterocycles. The Balaban J connectivity index is 0.00000103. The summed E-state index contributed by atoms with van der Waals surface area (Å²) in [5.74, 6) is 5.24. The third kappa shape index (κ3) is 12.0. The summed E-state index contributed by atoms with van der Waals surface area (Å²) in [4.78, 5) is 0. The zero-order valence-corrected chi connectivity index (χ0v) is 26.3. The van der Waals surface area contributed by atoms with Crippen LogP contribution in [0.1, 0.15) is 128 Å². The summed E-state index contributed by atoms with van der Waals surface area (Å²) >= 11 is 0. The number of hydrogen-bond acceptors (Lipinski definition) is 0. The van der Waals surface area contributed by atoms with Gasteiger partial charge in [0.15, 0.2) is 0 Å². The van der Waals surface area contributed by atoms with Crippen molar-refractivity contribution in [2.75, 3.05) is 0 Å². The molecular weight excluding hydrogens is 432 g/mol. The van der Waals surface area contributed by atoms with Gasteiger partial charge in [0.05, 0.1) is 0 Å². The Bertz CT molecular complexity index is 841. The van der Waals surface area contributed by atoms with Gasteiger partial charge in [-0.1, -0.05) is 116 Å². The topological polar surface area (TPSA) is 0 Å². The van der Waals surface area contributed by atoms with Crippen LogP contribution in [0.2, 0.25) is 0 Å². The molecule has 0 aromatic carbocycles. The fourth-order valence-electron chi connectivity index (χ4n) is 4.88. The third-order valence-electron chi connectivity index (χ3n) is 7.93. The van der Waals surface area contributed by atoms with Crippen molar-refractivity contribution in [2.24, 2.45) is 28.6 Å². The van der Waals surface area contributed by atoms with Gasteiger partial charge in [-0.3, -0.25) is 0 Å². The molecule has 0 nitrogen and oxygen atoms in total. The molecular formula is C36H60. The Morgan fingerprint density at radius 3 is 2.08 bits per heavy atom. The predicted molar refractivity (Wildman–Crippen MR) is 166 cm³/mol. The minimum Gasteiger partial charge on any atom is -0.115 e. The fourth-order valence-corrected chi connectivity index (χ4v) is 4.88. The van der Waals surface area contributed by atoms with Gasteiger partial charge in [0.1, 0.15) is 0 Å². The molecule has 0 aromatic heterocycles. The molecule has 0 aliphatic heterocycles. The van der Waals surface area contributed by atoms with E-state index in [0.29, 0.717) is 5.92 Å². The monoisotopic (exact) mass is 492 g/mol. The maximum absolute atomic E-state index is 5.96. The molecule has 0 heterocycles. The lowest BCUT2D eigenvalue weighted by Gasteiger charge is -2.41. The molecule has 0 amide bonds. The van der Waals surface area contributed by atoms with E-state index in [1.54, 1.807) is 0 Å². The largest absolute Gasteiger partial charge is 0.115 e. The Labute approximate surface area is 227 Å². The lowest BCUT2D eigenvalue weighted by molar-refractivity contribution is 0.275. The molecule has 204 valence electrons. The van der Waals surface area contributed by atoms with Crippen LogP contribution in [0.25, 0.3) is 0 Å². The van der Waals surface area contributed by atoms with E-state index in [9.17, 15) is 0 Å². The molecule has 1 aliphatic rings. The van der Waals surface area contributed by atoms with Crippen LogP contribution in [-0.4, -0.2) is 0 Å². The number of allylic oxidation sites excluding steroid dienone is 9. The number of hydrogen-bond donors (Lipinski definition) is 0. The molecule has 0 aromatic rings. The average molecular weight is 493 g/mol. The highest BCUT2D eigenvalue weighted by Crippen LogP contribution is 2.49. The molecule has 0 N–H and O–H groups in total. The van der Waals surface area contributed by atoms with Gasteiger partial charge < -0.3 is 0 Å². The highest BCUT2D eigenvalue weighted by atomic mass is 14.4. The standard InChI is InChI=1S/C26H40.C10H20/c1-11-22(17-20(5)13-14-21(6)19(3)4)18-24-23(12-2)25(7,8)15-16-26(24,9)10;1-5-7-10(6-2)8-9(3)4/h2,13,18,21H,3,11,14-17H2,1,4-10H3;5,7,9-10H,6,8H2,1-4H3/b20-13+,22-18+;7-5-. The summed E-state index contributed by atoms with van der Waals surface area (Å²) in [5.41, 5.74) is 7.04. The first kappa shape index (κ1) is 34.3. The van der Waals surface area contributed by atoms with Crippen LogP contribution in [0.5, 0.6) is 0 Å². The van der Waals surface area contributed by atoms with Gasteiger partial charge in [0, 0.05) is 5.57 Å². The van der Waals surface area contributed by atoms with Crippen molar-refractivity contribution >= 4 is 0 Å². The Morgan fingerprint density at radius 2 is 1.64 bits per heavy atom. The minimum atomic E-state index is 0.108. The molecule has 0 spiro atoms. The van der Waals surface area contributed by atoms with Crippen molar-refractivity contribution in [1.82, 2.24) is 0 Å². The average Bonchev–Trinajstić information content (AvgIpc) is 2.79. The van der Waals surface area contributed by atoms with E-state index in [-0.39, 0.29) is 10.8 Å². The van der Waals surface area contributed by atoms with E-state index in [0.717, 1.165) is 37.5 Å². The Hall–Kier alpha value is -1.74. The van der Waals surface area contributed by atoms with Crippen molar-refractivity contribution in [1.29, 1.82) is 0 Å². The summed E-state index contributed by atoms with van der Waals surface area (Å²) in [6.07, 6.45) is 23.4. The van der Waals surface area contributed by atoms with E-state index in [1.165, 1.54) is 47.1 Å². The van der Waals surface area contributed by atoms with E-state index < -0.39 is 0 Å². The van der Waals surface area contributed by atoms with Gasteiger partial charge in [0.25, 0.3) is 0 Å².